The minimum atomic E-state index is -0.747. The van der Waals surface area contributed by atoms with Crippen LogP contribution in [0.25, 0.3) is 11.0 Å². The lowest BCUT2D eigenvalue weighted by Gasteiger charge is -2.16. The third-order valence-corrected chi connectivity index (χ3v) is 4.32. The van der Waals surface area contributed by atoms with E-state index in [1.54, 1.807) is 19.4 Å². The predicted molar refractivity (Wildman–Crippen MR) is 101 cm³/mol. The second-order valence-electron chi connectivity index (χ2n) is 6.13. The maximum Gasteiger partial charge on any atom is 0.328 e. The molecule has 1 N–H and O–H groups in total. The van der Waals surface area contributed by atoms with Gasteiger partial charge in [0.1, 0.15) is 17.4 Å². The predicted octanol–water partition coefficient (Wildman–Crippen LogP) is 2.88. The molecule has 6 heteroatoms. The number of methoxy groups -OCH3 is 2. The van der Waals surface area contributed by atoms with Crippen LogP contribution in [0.3, 0.4) is 0 Å². The zero-order chi connectivity index (χ0) is 19.2. The summed E-state index contributed by atoms with van der Waals surface area (Å²) in [5.74, 6) is -0.0738. The Bertz CT molecular complexity index is 932. The fraction of sp³-hybridized carbons (Fsp3) is 0.238. The second kappa shape index (κ2) is 8.40. The maximum atomic E-state index is 12.5. The number of nitrogens with one attached hydrogen (secondary N) is 1. The summed E-state index contributed by atoms with van der Waals surface area (Å²) in [5, 5.41) is 3.60. The third-order valence-electron chi connectivity index (χ3n) is 4.32. The first-order valence-corrected chi connectivity index (χ1v) is 8.56. The van der Waals surface area contributed by atoms with Crippen molar-refractivity contribution < 1.29 is 23.5 Å². The van der Waals surface area contributed by atoms with Gasteiger partial charge in [0, 0.05) is 23.4 Å². The van der Waals surface area contributed by atoms with Crippen molar-refractivity contribution in [1.82, 2.24) is 5.32 Å². The van der Waals surface area contributed by atoms with Crippen LogP contribution in [0, 0.1) is 0 Å². The van der Waals surface area contributed by atoms with Gasteiger partial charge in [0.2, 0.25) is 5.91 Å². The number of amides is 1. The first-order valence-electron chi connectivity index (χ1n) is 8.56. The number of carbonyl (C=O) groups excluding carboxylic acids is 2. The Morgan fingerprint density at radius 3 is 2.59 bits per heavy atom. The lowest BCUT2D eigenvalue weighted by Crippen LogP contribution is -2.43. The normalized spacial score (nSPS) is 11.8. The third kappa shape index (κ3) is 4.47. The molecule has 27 heavy (non-hydrogen) atoms. The van der Waals surface area contributed by atoms with Gasteiger partial charge in [-0.2, -0.15) is 0 Å². The van der Waals surface area contributed by atoms with E-state index in [2.05, 4.69) is 5.32 Å². The molecular weight excluding hydrogens is 346 g/mol. The van der Waals surface area contributed by atoms with Crippen molar-refractivity contribution in [3.05, 3.63) is 65.9 Å². The number of hydrogen-bond donors (Lipinski definition) is 1. The number of fused-ring (bicyclic) bond motifs is 1. The Morgan fingerprint density at radius 2 is 1.89 bits per heavy atom. The Balaban J connectivity index is 1.71. The Kier molecular flexibility index (Phi) is 5.76. The Labute approximate surface area is 157 Å². The highest BCUT2D eigenvalue weighted by Crippen LogP contribution is 2.25. The van der Waals surface area contributed by atoms with Crippen molar-refractivity contribution in [2.75, 3.05) is 14.2 Å². The van der Waals surface area contributed by atoms with E-state index in [0.717, 1.165) is 16.5 Å². The molecule has 140 valence electrons. The molecule has 0 unspecified atom stereocenters. The Morgan fingerprint density at radius 1 is 1.11 bits per heavy atom. The zero-order valence-electron chi connectivity index (χ0n) is 15.2. The average molecular weight is 367 g/mol. The van der Waals surface area contributed by atoms with Crippen molar-refractivity contribution in [3.63, 3.8) is 0 Å². The summed E-state index contributed by atoms with van der Waals surface area (Å²) < 4.78 is 15.5. The van der Waals surface area contributed by atoms with Gasteiger partial charge in [-0.05, 0) is 17.7 Å². The zero-order valence-corrected chi connectivity index (χ0v) is 15.2. The molecule has 1 aromatic heterocycles. The molecule has 0 aliphatic carbocycles. The summed E-state index contributed by atoms with van der Waals surface area (Å²) in [7, 11) is 2.89. The van der Waals surface area contributed by atoms with E-state index in [4.69, 9.17) is 13.9 Å². The van der Waals surface area contributed by atoms with Gasteiger partial charge in [-0.1, -0.05) is 30.3 Å². The van der Waals surface area contributed by atoms with Crippen molar-refractivity contribution in [3.8, 4) is 5.75 Å². The monoisotopic (exact) mass is 367 g/mol. The quantitative estimate of drug-likeness (QED) is 0.650. The standard InChI is InChI=1S/C21H21NO5/c1-25-16-8-9-17-15(13-27-19(17)12-16)11-20(23)22-18(21(24)26-2)10-14-6-4-3-5-7-14/h3-9,12-13,18H,10-11H2,1-2H3,(H,22,23)/t18-/m0/s1. The molecular formula is C21H21NO5. The van der Waals surface area contributed by atoms with Crippen LogP contribution in [0.5, 0.6) is 5.75 Å². The first kappa shape index (κ1) is 18.5. The van der Waals surface area contributed by atoms with Gasteiger partial charge in [-0.15, -0.1) is 0 Å². The SMILES string of the molecule is COC(=O)[C@H](Cc1ccccc1)NC(=O)Cc1coc2cc(OC)ccc12. The topological polar surface area (TPSA) is 77.8 Å². The highest BCUT2D eigenvalue weighted by atomic mass is 16.5. The lowest BCUT2D eigenvalue weighted by molar-refractivity contribution is -0.145. The van der Waals surface area contributed by atoms with Crippen LogP contribution in [-0.4, -0.2) is 32.1 Å². The molecule has 0 spiro atoms. The summed E-state index contributed by atoms with van der Waals surface area (Å²) in [6.07, 6.45) is 2.01. The molecule has 1 heterocycles. The fourth-order valence-corrected chi connectivity index (χ4v) is 2.93. The average Bonchev–Trinajstić information content (AvgIpc) is 3.09. The van der Waals surface area contributed by atoms with Crippen LogP contribution >= 0.6 is 0 Å². The summed E-state index contributed by atoms with van der Waals surface area (Å²) >= 11 is 0. The number of rotatable bonds is 7. The van der Waals surface area contributed by atoms with Crippen LogP contribution < -0.4 is 10.1 Å². The molecule has 3 aromatic rings. The minimum absolute atomic E-state index is 0.0988. The molecule has 0 saturated carbocycles. The van der Waals surface area contributed by atoms with E-state index in [1.807, 2.05) is 42.5 Å². The van der Waals surface area contributed by atoms with Gasteiger partial charge >= 0.3 is 5.97 Å². The van der Waals surface area contributed by atoms with Crippen molar-refractivity contribution in [1.29, 1.82) is 0 Å². The van der Waals surface area contributed by atoms with Crippen molar-refractivity contribution in [2.24, 2.45) is 0 Å². The number of furan rings is 1. The molecule has 2 aromatic carbocycles. The number of hydrogen-bond acceptors (Lipinski definition) is 5. The van der Waals surface area contributed by atoms with Gasteiger partial charge < -0.3 is 19.2 Å². The number of ether oxygens (including phenoxy) is 2. The first-order chi connectivity index (χ1) is 13.1. The molecule has 0 radical (unpaired) electrons. The van der Waals surface area contributed by atoms with Gasteiger partial charge in [0.05, 0.1) is 26.9 Å². The van der Waals surface area contributed by atoms with Crippen LogP contribution in [0.2, 0.25) is 0 Å². The molecule has 1 atom stereocenters. The summed E-state index contributed by atoms with van der Waals surface area (Å²) in [4.78, 5) is 24.6. The second-order valence-corrected chi connectivity index (χ2v) is 6.13. The van der Waals surface area contributed by atoms with E-state index in [-0.39, 0.29) is 12.3 Å². The molecule has 1 amide bonds. The highest BCUT2D eigenvalue weighted by molar-refractivity contribution is 5.90. The Hall–Kier alpha value is -3.28. The van der Waals surface area contributed by atoms with Crippen LogP contribution in [-0.2, 0) is 27.2 Å². The largest absolute Gasteiger partial charge is 0.497 e. The molecule has 3 rings (SSSR count). The maximum absolute atomic E-state index is 12.5. The van der Waals surface area contributed by atoms with Crippen LogP contribution in [0.1, 0.15) is 11.1 Å². The van der Waals surface area contributed by atoms with E-state index < -0.39 is 12.0 Å². The highest BCUT2D eigenvalue weighted by Gasteiger charge is 2.22. The van der Waals surface area contributed by atoms with Gasteiger partial charge in [0.15, 0.2) is 0 Å². The number of carbonyl (C=O) groups is 2. The molecule has 0 saturated heterocycles. The van der Waals surface area contributed by atoms with Crippen LogP contribution in [0.4, 0.5) is 0 Å². The van der Waals surface area contributed by atoms with Gasteiger partial charge in [0.25, 0.3) is 0 Å². The van der Waals surface area contributed by atoms with Crippen molar-refractivity contribution >= 4 is 22.8 Å². The van der Waals surface area contributed by atoms with Crippen LogP contribution in [0.15, 0.2) is 59.2 Å². The van der Waals surface area contributed by atoms with E-state index >= 15 is 0 Å². The van der Waals surface area contributed by atoms with Gasteiger partial charge in [-0.25, -0.2) is 4.79 Å². The molecule has 6 nitrogen and oxygen atoms in total. The molecule has 0 fully saturated rings. The smallest absolute Gasteiger partial charge is 0.328 e. The number of benzene rings is 2. The van der Waals surface area contributed by atoms with E-state index in [1.165, 1.54) is 7.11 Å². The summed E-state index contributed by atoms with van der Waals surface area (Å²) in [6.45, 7) is 0. The molecule has 0 aliphatic rings. The lowest BCUT2D eigenvalue weighted by atomic mass is 10.1. The summed E-state index contributed by atoms with van der Waals surface area (Å²) in [6, 6.07) is 14.2. The van der Waals surface area contributed by atoms with E-state index in [0.29, 0.717) is 17.8 Å². The van der Waals surface area contributed by atoms with E-state index in [9.17, 15) is 9.59 Å². The fourth-order valence-electron chi connectivity index (χ4n) is 2.93. The van der Waals surface area contributed by atoms with Gasteiger partial charge in [-0.3, -0.25) is 4.79 Å². The minimum Gasteiger partial charge on any atom is -0.497 e. The molecule has 0 bridgehead atoms. The summed E-state index contributed by atoms with van der Waals surface area (Å²) in [5.41, 5.74) is 2.33. The molecule has 0 aliphatic heterocycles. The van der Waals surface area contributed by atoms with Crippen molar-refractivity contribution in [2.45, 2.75) is 18.9 Å². The number of esters is 1.